The van der Waals surface area contributed by atoms with Gasteiger partial charge in [0.15, 0.2) is 0 Å². The van der Waals surface area contributed by atoms with Crippen molar-refractivity contribution in [3.63, 3.8) is 0 Å². The van der Waals surface area contributed by atoms with Gasteiger partial charge in [-0.3, -0.25) is 0 Å². The Morgan fingerprint density at radius 1 is 1.00 bits per heavy atom. The average molecular weight is 234 g/mol. The summed E-state index contributed by atoms with van der Waals surface area (Å²) in [5.41, 5.74) is 0. The second-order valence-electron chi connectivity index (χ2n) is 1.47. The zero-order chi connectivity index (χ0) is 7.11. The topological polar surface area (TPSA) is 9.23 Å². The van der Waals surface area contributed by atoms with Gasteiger partial charge in [-0.05, 0) is 12.8 Å². The van der Waals surface area contributed by atoms with Crippen LogP contribution in [-0.4, -0.2) is 13.2 Å². The first-order chi connectivity index (χ1) is 4.23. The van der Waals surface area contributed by atoms with E-state index in [4.69, 9.17) is 35.0 Å². The first kappa shape index (κ1) is 10.3. The number of hydrogen-bond donors (Lipinski definition) is 0. The van der Waals surface area contributed by atoms with Crippen molar-refractivity contribution in [3.05, 3.63) is 0 Å². The maximum absolute atomic E-state index is 4.94. The van der Waals surface area contributed by atoms with E-state index in [0.717, 1.165) is 13.2 Å². The molecule has 0 aromatic carbocycles. The number of halogens is 3. The minimum absolute atomic E-state index is 1.00. The Morgan fingerprint density at radius 3 is 1.44 bits per heavy atom. The summed E-state index contributed by atoms with van der Waals surface area (Å²) in [5, 5.41) is 0. The van der Waals surface area contributed by atoms with E-state index in [0.29, 0.717) is 0 Å². The molecule has 0 aromatic heterocycles. The van der Waals surface area contributed by atoms with E-state index in [2.05, 4.69) is 0 Å². The van der Waals surface area contributed by atoms with Gasteiger partial charge in [-0.1, -0.05) is 0 Å². The van der Waals surface area contributed by atoms with Crippen LogP contribution < -0.4 is 0 Å². The van der Waals surface area contributed by atoms with Crippen LogP contribution in [0.25, 0.3) is 0 Å². The Kier molecular flexibility index (Phi) is 8.57. The molecule has 0 aromatic rings. The van der Waals surface area contributed by atoms with E-state index in [-0.39, 0.29) is 0 Å². The zero-order valence-electron chi connectivity index (χ0n) is 4.72. The molecule has 0 aliphatic carbocycles. The van der Waals surface area contributed by atoms with Gasteiger partial charge in [0, 0.05) is 13.2 Å². The predicted octanol–water partition coefficient (Wildman–Crippen LogP) is 2.86. The normalized spacial score (nSPS) is 18.3. The molecule has 0 saturated carbocycles. The molecule has 1 rings (SSSR count). The Morgan fingerprint density at radius 2 is 1.33 bits per heavy atom. The van der Waals surface area contributed by atoms with Gasteiger partial charge in [0.2, 0.25) is 0 Å². The van der Waals surface area contributed by atoms with E-state index in [9.17, 15) is 0 Å². The van der Waals surface area contributed by atoms with Crippen molar-refractivity contribution in [2.24, 2.45) is 0 Å². The van der Waals surface area contributed by atoms with E-state index in [1.165, 1.54) is 12.8 Å². The first-order valence-corrected chi connectivity index (χ1v) is 7.04. The number of rotatable bonds is 0. The van der Waals surface area contributed by atoms with E-state index in [1.807, 2.05) is 0 Å². The van der Waals surface area contributed by atoms with Gasteiger partial charge in [0.1, 0.15) is 0 Å². The fraction of sp³-hybridized carbons (Fsp3) is 1.00. The third-order valence-electron chi connectivity index (χ3n) is 0.827. The second kappa shape index (κ2) is 7.46. The molecule has 9 heavy (non-hydrogen) atoms. The van der Waals surface area contributed by atoms with Crippen LogP contribution in [-0.2, 0) is 15.9 Å². The number of ether oxygens (including phenoxy) is 1. The molecular weight excluding hydrogens is 226 g/mol. The molecule has 1 fully saturated rings. The molecule has 1 heterocycles. The van der Waals surface area contributed by atoms with Crippen LogP contribution in [0.2, 0.25) is 0 Å². The molecule has 0 bridgehead atoms. The van der Waals surface area contributed by atoms with Crippen LogP contribution in [0.15, 0.2) is 0 Å². The van der Waals surface area contributed by atoms with Crippen LogP contribution in [0.3, 0.4) is 0 Å². The molecular formula is C4H8Cl3FeO. The average Bonchev–Trinajstić information content (AvgIpc) is 2.11. The summed E-state index contributed by atoms with van der Waals surface area (Å²) in [5.74, 6) is 0. The summed E-state index contributed by atoms with van der Waals surface area (Å²) in [6.45, 7) is 2.00. The summed E-state index contributed by atoms with van der Waals surface area (Å²) < 4.78 is 4.94. The summed E-state index contributed by atoms with van der Waals surface area (Å²) in [4.78, 5) is 0. The molecule has 0 spiro atoms. The Bertz CT molecular complexity index is 47.4. The standard InChI is InChI=1S/C4H8O.3ClH.Fe/c1-2-4-5-3-1;;;;/h1-4H2;3*1H;/q;;;;+3/p-3. The molecule has 0 atom stereocenters. The fourth-order valence-electron chi connectivity index (χ4n) is 0.510. The molecule has 1 aliphatic rings. The van der Waals surface area contributed by atoms with E-state index in [1.54, 1.807) is 0 Å². The van der Waals surface area contributed by atoms with Crippen LogP contribution in [0.4, 0.5) is 0 Å². The van der Waals surface area contributed by atoms with Gasteiger partial charge in [-0.2, -0.15) is 0 Å². The van der Waals surface area contributed by atoms with Crippen LogP contribution in [0.1, 0.15) is 12.8 Å². The van der Waals surface area contributed by atoms with Gasteiger partial charge < -0.3 is 4.74 Å². The van der Waals surface area contributed by atoms with Crippen molar-refractivity contribution in [2.45, 2.75) is 12.8 Å². The maximum atomic E-state index is 4.94. The van der Waals surface area contributed by atoms with Gasteiger partial charge in [-0.15, -0.1) is 0 Å². The van der Waals surface area contributed by atoms with Crippen molar-refractivity contribution in [1.82, 2.24) is 0 Å². The molecule has 0 radical (unpaired) electrons. The van der Waals surface area contributed by atoms with Gasteiger partial charge in [-0.25, -0.2) is 0 Å². The van der Waals surface area contributed by atoms with Crippen molar-refractivity contribution in [2.75, 3.05) is 13.2 Å². The van der Waals surface area contributed by atoms with Crippen molar-refractivity contribution in [1.29, 1.82) is 0 Å². The van der Waals surface area contributed by atoms with Crippen LogP contribution >= 0.6 is 30.3 Å². The summed E-state index contributed by atoms with van der Waals surface area (Å²) >= 11 is -1.33. The SMILES string of the molecule is C1CCOC1.[Cl][Fe]([Cl])[Cl]. The molecule has 1 aliphatic heterocycles. The molecule has 0 N–H and O–H groups in total. The number of hydrogen-bond acceptors (Lipinski definition) is 1. The predicted molar refractivity (Wildman–Crippen MR) is 37.6 cm³/mol. The third kappa shape index (κ3) is 12.5. The van der Waals surface area contributed by atoms with E-state index < -0.39 is 11.2 Å². The monoisotopic (exact) mass is 233 g/mol. The molecule has 5 heteroatoms. The molecule has 59 valence electrons. The first-order valence-electron chi connectivity index (χ1n) is 2.48. The van der Waals surface area contributed by atoms with E-state index >= 15 is 0 Å². The Labute approximate surface area is 72.2 Å². The van der Waals surface area contributed by atoms with Gasteiger partial charge >= 0.3 is 41.5 Å². The van der Waals surface area contributed by atoms with Gasteiger partial charge in [0.05, 0.1) is 0 Å². The van der Waals surface area contributed by atoms with Gasteiger partial charge in [0.25, 0.3) is 0 Å². The third-order valence-corrected chi connectivity index (χ3v) is 0.827. The molecule has 0 amide bonds. The Balaban J connectivity index is 0.000000148. The van der Waals surface area contributed by atoms with Crippen molar-refractivity contribution >= 4 is 30.3 Å². The quantitative estimate of drug-likeness (QED) is 0.586. The summed E-state index contributed by atoms with van der Waals surface area (Å²) in [6.07, 6.45) is 2.56. The molecule has 0 unspecified atom stereocenters. The molecule has 1 saturated heterocycles. The minimum atomic E-state index is -1.33. The Hall–Kier alpha value is 1.35. The van der Waals surface area contributed by atoms with Crippen molar-refractivity contribution in [3.8, 4) is 0 Å². The summed E-state index contributed by atoms with van der Waals surface area (Å²) in [6, 6.07) is 0. The zero-order valence-corrected chi connectivity index (χ0v) is 8.10. The fourth-order valence-corrected chi connectivity index (χ4v) is 0.510. The van der Waals surface area contributed by atoms with Crippen molar-refractivity contribution < 1.29 is 15.9 Å². The summed E-state index contributed by atoms with van der Waals surface area (Å²) in [7, 11) is 14.7. The van der Waals surface area contributed by atoms with Crippen LogP contribution in [0.5, 0.6) is 0 Å². The van der Waals surface area contributed by atoms with Crippen LogP contribution in [0, 0.1) is 0 Å². The second-order valence-corrected chi connectivity index (χ2v) is 6.94. The molecule has 1 nitrogen and oxygen atoms in total.